The number of halogens is 4. The van der Waals surface area contributed by atoms with Crippen molar-refractivity contribution in [2.75, 3.05) is 13.2 Å². The highest BCUT2D eigenvalue weighted by Crippen LogP contribution is 2.46. The first kappa shape index (κ1) is 34.1. The van der Waals surface area contributed by atoms with Crippen molar-refractivity contribution in [2.24, 2.45) is 4.99 Å². The first-order chi connectivity index (χ1) is 21.3. The second-order valence-corrected chi connectivity index (χ2v) is 12.3. The normalized spacial score (nSPS) is 17.8. The molecule has 1 amide bonds. The number of amides is 1. The number of aliphatic imine (C=N–C) groups is 1. The maximum absolute atomic E-state index is 14.5. The Labute approximate surface area is 270 Å². The van der Waals surface area contributed by atoms with Gasteiger partial charge in [0, 0.05) is 52.7 Å². The third-order valence-corrected chi connectivity index (χ3v) is 7.46. The monoisotopic (exact) mass is 662 g/mol. The predicted octanol–water partition coefficient (Wildman–Crippen LogP) is 6.73. The molecule has 1 aliphatic heterocycles. The SMILES string of the molecule is CC(C)(C)OC(=O)CC[C@@]1(C(=O)NCc2c(F)cccc2F)N=C(c2ccc(OCCCO)cc2)O[C@@H]1c1ccc(Cl)cc1Cl. The van der Waals surface area contributed by atoms with Crippen LogP contribution < -0.4 is 10.1 Å². The smallest absolute Gasteiger partial charge is 0.306 e. The Morgan fingerprint density at radius 2 is 1.76 bits per heavy atom. The van der Waals surface area contributed by atoms with Crippen molar-refractivity contribution in [2.45, 2.75) is 63.8 Å². The van der Waals surface area contributed by atoms with Crippen LogP contribution in [0.25, 0.3) is 0 Å². The van der Waals surface area contributed by atoms with Crippen LogP contribution in [-0.2, 0) is 25.6 Å². The van der Waals surface area contributed by atoms with E-state index in [4.69, 9.17) is 47.5 Å². The molecule has 2 atom stereocenters. The minimum Gasteiger partial charge on any atom is -0.494 e. The van der Waals surface area contributed by atoms with Gasteiger partial charge in [-0.25, -0.2) is 13.8 Å². The first-order valence-electron chi connectivity index (χ1n) is 14.3. The number of carbonyl (C=O) groups is 2. The third kappa shape index (κ3) is 8.51. The minimum atomic E-state index is -1.82. The lowest BCUT2D eigenvalue weighted by Gasteiger charge is -2.31. The van der Waals surface area contributed by atoms with Gasteiger partial charge >= 0.3 is 5.97 Å². The Morgan fingerprint density at radius 3 is 2.38 bits per heavy atom. The predicted molar refractivity (Wildman–Crippen MR) is 166 cm³/mol. The number of nitrogens with one attached hydrogen (secondary N) is 1. The molecule has 3 aromatic rings. The fraction of sp³-hybridized carbons (Fsp3) is 0.364. The van der Waals surface area contributed by atoms with E-state index in [1.165, 1.54) is 12.1 Å². The Balaban J connectivity index is 1.77. The summed E-state index contributed by atoms with van der Waals surface area (Å²) >= 11 is 12.8. The minimum absolute atomic E-state index is 0.00558. The number of hydrogen-bond acceptors (Lipinski definition) is 7. The quantitative estimate of drug-likeness (QED) is 0.165. The number of carbonyl (C=O) groups excluding carboxylic acids is 2. The number of aliphatic hydroxyl groups is 1. The highest BCUT2D eigenvalue weighted by Gasteiger charge is 2.54. The fourth-order valence-electron chi connectivity index (χ4n) is 4.77. The Hall–Kier alpha value is -3.73. The average Bonchev–Trinajstić information content (AvgIpc) is 3.36. The topological polar surface area (TPSA) is 106 Å². The summed E-state index contributed by atoms with van der Waals surface area (Å²) in [5, 5.41) is 12.2. The number of hydrogen-bond donors (Lipinski definition) is 2. The molecule has 0 aromatic heterocycles. The molecular formula is C33H34Cl2F2N2O6. The lowest BCUT2D eigenvalue weighted by atomic mass is 9.83. The maximum Gasteiger partial charge on any atom is 0.306 e. The largest absolute Gasteiger partial charge is 0.494 e. The lowest BCUT2D eigenvalue weighted by molar-refractivity contribution is -0.155. The van der Waals surface area contributed by atoms with Crippen molar-refractivity contribution in [1.82, 2.24) is 5.32 Å². The van der Waals surface area contributed by atoms with Gasteiger partial charge in [-0.2, -0.15) is 0 Å². The van der Waals surface area contributed by atoms with Crippen LogP contribution in [0.3, 0.4) is 0 Å². The lowest BCUT2D eigenvalue weighted by Crippen LogP contribution is -2.48. The van der Waals surface area contributed by atoms with Gasteiger partial charge in [0.05, 0.1) is 6.61 Å². The van der Waals surface area contributed by atoms with Gasteiger partial charge in [0.1, 0.15) is 23.0 Å². The Bertz CT molecular complexity index is 1540. The van der Waals surface area contributed by atoms with E-state index in [1.54, 1.807) is 57.2 Å². The van der Waals surface area contributed by atoms with Crippen LogP contribution in [0.15, 0.2) is 65.7 Å². The zero-order valence-corrected chi connectivity index (χ0v) is 26.6. The Morgan fingerprint density at radius 1 is 1.07 bits per heavy atom. The number of esters is 1. The molecule has 240 valence electrons. The summed E-state index contributed by atoms with van der Waals surface area (Å²) in [6.07, 6.45) is -1.13. The summed E-state index contributed by atoms with van der Waals surface area (Å²) in [4.78, 5) is 31.8. The van der Waals surface area contributed by atoms with E-state index >= 15 is 0 Å². The molecule has 0 saturated heterocycles. The van der Waals surface area contributed by atoms with Gasteiger partial charge in [0.2, 0.25) is 5.90 Å². The van der Waals surface area contributed by atoms with Gasteiger partial charge in [-0.15, -0.1) is 0 Å². The number of benzene rings is 3. The first-order valence-corrected chi connectivity index (χ1v) is 15.1. The molecule has 0 spiro atoms. The van der Waals surface area contributed by atoms with Crippen LogP contribution in [0, 0.1) is 11.6 Å². The molecular weight excluding hydrogens is 629 g/mol. The standard InChI is InChI=1S/C33H34Cl2F2N2O6/c1-32(2,3)45-28(41)14-15-33(31(42)38-19-24-26(36)6-4-7-27(24)37)29(23-13-10-21(34)18-25(23)35)44-30(39-33)20-8-11-22(12-9-20)43-17-5-16-40/h4,6-13,18,29,40H,5,14-17,19H2,1-3H3,(H,38,42)/t29-,33-/m1/s1. The van der Waals surface area contributed by atoms with Gasteiger partial charge in [0.25, 0.3) is 5.91 Å². The molecule has 12 heteroatoms. The summed E-state index contributed by atoms with van der Waals surface area (Å²) in [6, 6.07) is 14.8. The zero-order valence-electron chi connectivity index (χ0n) is 25.0. The molecule has 0 bridgehead atoms. The van der Waals surface area contributed by atoms with Crippen molar-refractivity contribution >= 4 is 41.0 Å². The average molecular weight is 664 g/mol. The van der Waals surface area contributed by atoms with Crippen molar-refractivity contribution in [3.8, 4) is 5.75 Å². The van der Waals surface area contributed by atoms with Gasteiger partial charge < -0.3 is 24.6 Å². The number of aliphatic hydroxyl groups excluding tert-OH is 1. The van der Waals surface area contributed by atoms with Crippen LogP contribution >= 0.6 is 23.2 Å². The van der Waals surface area contributed by atoms with Crippen LogP contribution in [0.1, 0.15) is 62.8 Å². The van der Waals surface area contributed by atoms with Gasteiger partial charge in [0.15, 0.2) is 11.6 Å². The molecule has 0 aliphatic carbocycles. The van der Waals surface area contributed by atoms with E-state index in [-0.39, 0.29) is 35.9 Å². The van der Waals surface area contributed by atoms with Crippen molar-refractivity contribution in [1.29, 1.82) is 0 Å². The van der Waals surface area contributed by atoms with Crippen LogP contribution in [-0.4, -0.2) is 47.2 Å². The maximum atomic E-state index is 14.5. The molecule has 45 heavy (non-hydrogen) atoms. The van der Waals surface area contributed by atoms with Crippen molar-refractivity contribution < 1.29 is 37.7 Å². The molecule has 3 aromatic carbocycles. The molecule has 2 N–H and O–H groups in total. The number of rotatable bonds is 12. The molecule has 1 aliphatic rings. The van der Waals surface area contributed by atoms with Crippen LogP contribution in [0.4, 0.5) is 8.78 Å². The van der Waals surface area contributed by atoms with Crippen LogP contribution in [0.5, 0.6) is 5.75 Å². The van der Waals surface area contributed by atoms with Gasteiger partial charge in [-0.05, 0) is 75.7 Å². The summed E-state index contributed by atoms with van der Waals surface area (Å²) < 4.78 is 46.4. The summed E-state index contributed by atoms with van der Waals surface area (Å²) in [7, 11) is 0. The summed E-state index contributed by atoms with van der Waals surface area (Å²) in [6.45, 7) is 4.99. The molecule has 8 nitrogen and oxygen atoms in total. The molecule has 0 fully saturated rings. The van der Waals surface area contributed by atoms with E-state index in [9.17, 15) is 18.4 Å². The highest BCUT2D eigenvalue weighted by atomic mass is 35.5. The second-order valence-electron chi connectivity index (χ2n) is 11.4. The summed E-state index contributed by atoms with van der Waals surface area (Å²) in [5.74, 6) is -2.37. The third-order valence-electron chi connectivity index (χ3n) is 6.89. The van der Waals surface area contributed by atoms with Gasteiger partial charge in [-0.3, -0.25) is 9.59 Å². The number of ether oxygens (including phenoxy) is 3. The second kappa shape index (κ2) is 14.6. The Kier molecular flexibility index (Phi) is 11.1. The number of nitrogens with zero attached hydrogens (tertiary/aromatic N) is 1. The van der Waals surface area contributed by atoms with Crippen LogP contribution in [0.2, 0.25) is 10.0 Å². The zero-order chi connectivity index (χ0) is 32.8. The molecule has 1 heterocycles. The summed E-state index contributed by atoms with van der Waals surface area (Å²) in [5.41, 5.74) is -2.09. The van der Waals surface area contributed by atoms with E-state index < -0.39 is 47.3 Å². The molecule has 0 saturated carbocycles. The van der Waals surface area contributed by atoms with E-state index in [0.29, 0.717) is 34.9 Å². The van der Waals surface area contributed by atoms with Crippen molar-refractivity contribution in [3.63, 3.8) is 0 Å². The molecule has 0 radical (unpaired) electrons. The van der Waals surface area contributed by atoms with E-state index in [2.05, 4.69) is 5.32 Å². The van der Waals surface area contributed by atoms with Gasteiger partial charge in [-0.1, -0.05) is 35.3 Å². The fourth-order valence-corrected chi connectivity index (χ4v) is 5.28. The van der Waals surface area contributed by atoms with E-state index in [0.717, 1.165) is 12.1 Å². The molecule has 4 rings (SSSR count). The van der Waals surface area contributed by atoms with Crippen molar-refractivity contribution in [3.05, 3.63) is 99.0 Å². The van der Waals surface area contributed by atoms with E-state index in [1.807, 2.05) is 0 Å². The highest BCUT2D eigenvalue weighted by molar-refractivity contribution is 6.35. The molecule has 0 unspecified atom stereocenters.